The first-order chi connectivity index (χ1) is 15.6. The third-order valence-electron chi connectivity index (χ3n) is 4.99. The van der Waals surface area contributed by atoms with Crippen molar-refractivity contribution in [2.24, 2.45) is 5.92 Å². The van der Waals surface area contributed by atoms with Crippen LogP contribution in [0, 0.1) is 5.92 Å². The first-order valence-electron chi connectivity index (χ1n) is 10.2. The topological polar surface area (TPSA) is 84.9 Å². The Morgan fingerprint density at radius 1 is 0.875 bits per heavy atom. The van der Waals surface area contributed by atoms with Crippen LogP contribution in [0.3, 0.4) is 0 Å². The van der Waals surface area contributed by atoms with E-state index in [4.69, 9.17) is 9.47 Å². The summed E-state index contributed by atoms with van der Waals surface area (Å²) in [5.41, 5.74) is 1.29. The van der Waals surface area contributed by atoms with Crippen molar-refractivity contribution in [3.63, 3.8) is 0 Å². The Labute approximate surface area is 185 Å². The molecule has 1 aliphatic heterocycles. The Bertz CT molecular complexity index is 1080. The fraction of sp³-hybridized carbons (Fsp3) is 0.160. The first kappa shape index (κ1) is 21.1. The number of esters is 1. The van der Waals surface area contributed by atoms with Crippen LogP contribution in [0.2, 0.25) is 0 Å². The van der Waals surface area contributed by atoms with E-state index in [1.807, 2.05) is 60.7 Å². The summed E-state index contributed by atoms with van der Waals surface area (Å²) < 4.78 is 10.9. The standard InChI is InChI=1S/C25H22N2O5/c28-23(26-19-11-13-22(14-12-19)32-21-9-5-2-6-10-21)17-31-25(30)18-15-24(29)27(16-18)20-7-3-1-4-8-20/h1-14,18H,15-17H2,(H,26,28)/t18-/m0/s1. The summed E-state index contributed by atoms with van der Waals surface area (Å²) in [6, 6.07) is 25.4. The molecular weight excluding hydrogens is 408 g/mol. The minimum Gasteiger partial charge on any atom is -0.457 e. The molecule has 2 amide bonds. The Hall–Kier alpha value is -4.13. The molecule has 0 spiro atoms. The van der Waals surface area contributed by atoms with Gasteiger partial charge in [0.05, 0.1) is 5.92 Å². The quantitative estimate of drug-likeness (QED) is 0.573. The second-order valence-corrected chi connectivity index (χ2v) is 7.34. The number of rotatable bonds is 7. The number of para-hydroxylation sites is 2. The maximum Gasteiger partial charge on any atom is 0.311 e. The molecule has 7 nitrogen and oxygen atoms in total. The average molecular weight is 430 g/mol. The van der Waals surface area contributed by atoms with Crippen molar-refractivity contribution in [1.82, 2.24) is 0 Å². The summed E-state index contributed by atoms with van der Waals surface area (Å²) in [6.45, 7) is -0.177. The van der Waals surface area contributed by atoms with Gasteiger partial charge in [-0.3, -0.25) is 14.4 Å². The van der Waals surface area contributed by atoms with Crippen molar-refractivity contribution in [2.45, 2.75) is 6.42 Å². The molecule has 0 radical (unpaired) electrons. The molecule has 0 aliphatic carbocycles. The van der Waals surface area contributed by atoms with Crippen molar-refractivity contribution in [3.8, 4) is 11.5 Å². The van der Waals surface area contributed by atoms with E-state index in [0.29, 0.717) is 17.2 Å². The Balaban J connectivity index is 1.24. The van der Waals surface area contributed by atoms with Gasteiger partial charge in [0.1, 0.15) is 11.5 Å². The van der Waals surface area contributed by atoms with Crippen LogP contribution < -0.4 is 15.0 Å². The number of carbonyl (C=O) groups excluding carboxylic acids is 3. The second-order valence-electron chi connectivity index (χ2n) is 7.34. The highest BCUT2D eigenvalue weighted by Crippen LogP contribution is 2.26. The highest BCUT2D eigenvalue weighted by atomic mass is 16.5. The zero-order valence-corrected chi connectivity index (χ0v) is 17.3. The number of carbonyl (C=O) groups is 3. The van der Waals surface area contributed by atoms with Gasteiger partial charge >= 0.3 is 5.97 Å². The second kappa shape index (κ2) is 9.78. The molecule has 0 aromatic heterocycles. The lowest BCUT2D eigenvalue weighted by atomic mass is 10.1. The van der Waals surface area contributed by atoms with E-state index in [0.717, 1.165) is 5.69 Å². The zero-order chi connectivity index (χ0) is 22.3. The van der Waals surface area contributed by atoms with Crippen LogP contribution in [0.25, 0.3) is 0 Å². The SMILES string of the molecule is O=C(COC(=O)[C@H]1CC(=O)N(c2ccccc2)C1)Nc1ccc(Oc2ccccc2)cc1. The smallest absolute Gasteiger partial charge is 0.311 e. The summed E-state index contributed by atoms with van der Waals surface area (Å²) in [5, 5.41) is 2.67. The molecule has 32 heavy (non-hydrogen) atoms. The van der Waals surface area contributed by atoms with Gasteiger partial charge in [-0.15, -0.1) is 0 Å². The van der Waals surface area contributed by atoms with Gasteiger partial charge in [-0.25, -0.2) is 0 Å². The largest absolute Gasteiger partial charge is 0.457 e. The highest BCUT2D eigenvalue weighted by Gasteiger charge is 2.36. The number of hydrogen-bond acceptors (Lipinski definition) is 5. The van der Waals surface area contributed by atoms with E-state index < -0.39 is 24.4 Å². The predicted octanol–water partition coefficient (Wildman–Crippen LogP) is 4.01. The van der Waals surface area contributed by atoms with E-state index in [9.17, 15) is 14.4 Å². The van der Waals surface area contributed by atoms with E-state index in [-0.39, 0.29) is 18.9 Å². The van der Waals surface area contributed by atoms with Crippen LogP contribution >= 0.6 is 0 Å². The summed E-state index contributed by atoms with van der Waals surface area (Å²) in [4.78, 5) is 38.3. The lowest BCUT2D eigenvalue weighted by molar-refractivity contribution is -0.151. The molecule has 7 heteroatoms. The van der Waals surface area contributed by atoms with Gasteiger partial charge in [0.25, 0.3) is 5.91 Å². The predicted molar refractivity (Wildman–Crippen MR) is 119 cm³/mol. The molecule has 1 heterocycles. The van der Waals surface area contributed by atoms with E-state index in [2.05, 4.69) is 5.32 Å². The molecule has 1 fully saturated rings. The van der Waals surface area contributed by atoms with Crippen molar-refractivity contribution < 1.29 is 23.9 Å². The normalized spacial score (nSPS) is 15.3. The fourth-order valence-corrected chi connectivity index (χ4v) is 3.41. The summed E-state index contributed by atoms with van der Waals surface area (Å²) in [7, 11) is 0. The van der Waals surface area contributed by atoms with Gasteiger partial charge in [-0.2, -0.15) is 0 Å². The molecule has 162 valence electrons. The summed E-state index contributed by atoms with van der Waals surface area (Å²) >= 11 is 0. The lowest BCUT2D eigenvalue weighted by Crippen LogP contribution is -2.28. The highest BCUT2D eigenvalue weighted by molar-refractivity contribution is 6.00. The third-order valence-corrected chi connectivity index (χ3v) is 4.99. The molecule has 0 unspecified atom stereocenters. The molecular formula is C25H22N2O5. The minimum atomic E-state index is -0.593. The number of nitrogens with one attached hydrogen (secondary N) is 1. The van der Waals surface area contributed by atoms with Crippen LogP contribution in [0.15, 0.2) is 84.9 Å². The molecule has 3 aromatic rings. The van der Waals surface area contributed by atoms with E-state index in [1.54, 1.807) is 29.2 Å². The maximum absolute atomic E-state index is 12.3. The molecule has 1 N–H and O–H groups in total. The molecule has 0 bridgehead atoms. The van der Waals surface area contributed by atoms with E-state index in [1.165, 1.54) is 0 Å². The number of ether oxygens (including phenoxy) is 2. The van der Waals surface area contributed by atoms with E-state index >= 15 is 0 Å². The maximum atomic E-state index is 12.3. The number of nitrogens with zero attached hydrogens (tertiary/aromatic N) is 1. The molecule has 3 aromatic carbocycles. The van der Waals surface area contributed by atoms with Crippen molar-refractivity contribution in [1.29, 1.82) is 0 Å². The van der Waals surface area contributed by atoms with Crippen LogP contribution in [-0.4, -0.2) is 30.9 Å². The monoisotopic (exact) mass is 430 g/mol. The van der Waals surface area contributed by atoms with Gasteiger partial charge in [-0.1, -0.05) is 36.4 Å². The van der Waals surface area contributed by atoms with Gasteiger partial charge in [0.2, 0.25) is 5.91 Å². The van der Waals surface area contributed by atoms with Crippen molar-refractivity contribution in [2.75, 3.05) is 23.4 Å². The number of anilines is 2. The van der Waals surface area contributed by atoms with Crippen molar-refractivity contribution >= 4 is 29.2 Å². The fourth-order valence-electron chi connectivity index (χ4n) is 3.41. The third kappa shape index (κ3) is 5.31. The first-order valence-corrected chi connectivity index (χ1v) is 10.2. The molecule has 0 saturated carbocycles. The number of amides is 2. The molecule has 1 aliphatic rings. The Morgan fingerprint density at radius 2 is 1.50 bits per heavy atom. The van der Waals surface area contributed by atoms with Crippen LogP contribution in [0.1, 0.15) is 6.42 Å². The van der Waals surface area contributed by atoms with Gasteiger partial charge < -0.3 is 19.7 Å². The average Bonchev–Trinajstić information content (AvgIpc) is 3.22. The number of hydrogen-bond donors (Lipinski definition) is 1. The lowest BCUT2D eigenvalue weighted by Gasteiger charge is -2.16. The van der Waals surface area contributed by atoms with Crippen LogP contribution in [0.5, 0.6) is 11.5 Å². The summed E-state index contributed by atoms with van der Waals surface area (Å²) in [5.74, 6) is -0.398. The van der Waals surface area contributed by atoms with Crippen molar-refractivity contribution in [3.05, 3.63) is 84.9 Å². The Morgan fingerprint density at radius 3 is 2.19 bits per heavy atom. The van der Waals surface area contributed by atoms with Gasteiger partial charge in [0, 0.05) is 24.3 Å². The summed E-state index contributed by atoms with van der Waals surface area (Å²) in [6.07, 6.45) is 0.0677. The van der Waals surface area contributed by atoms with Gasteiger partial charge in [-0.05, 0) is 48.5 Å². The molecule has 4 rings (SSSR count). The van der Waals surface area contributed by atoms with Crippen LogP contribution in [-0.2, 0) is 19.1 Å². The zero-order valence-electron chi connectivity index (χ0n) is 17.3. The van der Waals surface area contributed by atoms with Crippen LogP contribution in [0.4, 0.5) is 11.4 Å². The van der Waals surface area contributed by atoms with Gasteiger partial charge in [0.15, 0.2) is 6.61 Å². The number of benzene rings is 3. The molecule has 1 saturated heterocycles. The minimum absolute atomic E-state index is 0.0677. The molecule has 1 atom stereocenters. The Kier molecular flexibility index (Phi) is 6.46.